The minimum atomic E-state index is -0.790. The van der Waals surface area contributed by atoms with E-state index >= 15 is 0 Å². The quantitative estimate of drug-likeness (QED) is 0.775. The molecule has 0 fully saturated rings. The SMILES string of the molecule is COc1cc(C=O)n2c1CC(C(=O)O)CC2. The Morgan fingerprint density at radius 2 is 2.44 bits per heavy atom. The zero-order valence-corrected chi connectivity index (χ0v) is 8.97. The summed E-state index contributed by atoms with van der Waals surface area (Å²) in [5, 5.41) is 8.97. The summed E-state index contributed by atoms with van der Waals surface area (Å²) in [6.07, 6.45) is 1.75. The van der Waals surface area contributed by atoms with Crippen molar-refractivity contribution >= 4 is 12.3 Å². The average Bonchev–Trinajstić information content (AvgIpc) is 2.65. The van der Waals surface area contributed by atoms with E-state index in [1.807, 2.05) is 4.57 Å². The predicted molar refractivity (Wildman–Crippen MR) is 55.8 cm³/mol. The van der Waals surface area contributed by atoms with Gasteiger partial charge in [0.1, 0.15) is 5.75 Å². The molecule has 1 aromatic rings. The molecule has 1 aliphatic heterocycles. The lowest BCUT2D eigenvalue weighted by molar-refractivity contribution is -0.142. The predicted octanol–water partition coefficient (Wildman–Crippen LogP) is 0.956. The maximum atomic E-state index is 10.9. The van der Waals surface area contributed by atoms with Gasteiger partial charge >= 0.3 is 5.97 Å². The minimum Gasteiger partial charge on any atom is -0.495 e. The summed E-state index contributed by atoms with van der Waals surface area (Å²) in [5.74, 6) is -0.564. The number of carbonyl (C=O) groups excluding carboxylic acids is 1. The molecule has 0 bridgehead atoms. The molecule has 0 amide bonds. The third-order valence-electron chi connectivity index (χ3n) is 3.03. The van der Waals surface area contributed by atoms with Gasteiger partial charge in [-0.05, 0) is 6.42 Å². The normalized spacial score (nSPS) is 18.9. The lowest BCUT2D eigenvalue weighted by Crippen LogP contribution is -2.26. The van der Waals surface area contributed by atoms with E-state index in [1.54, 1.807) is 6.07 Å². The van der Waals surface area contributed by atoms with E-state index in [4.69, 9.17) is 9.84 Å². The molecule has 1 unspecified atom stereocenters. The Balaban J connectivity index is 2.39. The van der Waals surface area contributed by atoms with Crippen molar-refractivity contribution in [1.29, 1.82) is 0 Å². The molecule has 0 spiro atoms. The Bertz CT molecular complexity index is 435. The minimum absolute atomic E-state index is 0.379. The van der Waals surface area contributed by atoms with E-state index in [9.17, 15) is 9.59 Å². The van der Waals surface area contributed by atoms with Crippen molar-refractivity contribution in [1.82, 2.24) is 4.57 Å². The summed E-state index contributed by atoms with van der Waals surface area (Å²) in [5.41, 5.74) is 1.36. The molecule has 16 heavy (non-hydrogen) atoms. The molecule has 86 valence electrons. The lowest BCUT2D eigenvalue weighted by Gasteiger charge is -2.22. The molecule has 0 radical (unpaired) electrons. The van der Waals surface area contributed by atoms with Crippen LogP contribution >= 0.6 is 0 Å². The summed E-state index contributed by atoms with van der Waals surface area (Å²) < 4.78 is 6.99. The summed E-state index contributed by atoms with van der Waals surface area (Å²) in [6.45, 7) is 0.559. The van der Waals surface area contributed by atoms with Crippen molar-refractivity contribution in [2.24, 2.45) is 5.92 Å². The number of carboxylic acids is 1. The Morgan fingerprint density at radius 3 is 3.00 bits per heavy atom. The third-order valence-corrected chi connectivity index (χ3v) is 3.03. The van der Waals surface area contributed by atoms with Crippen molar-refractivity contribution in [2.45, 2.75) is 19.4 Å². The van der Waals surface area contributed by atoms with Crippen molar-refractivity contribution in [3.63, 3.8) is 0 Å². The Hall–Kier alpha value is -1.78. The first-order valence-electron chi connectivity index (χ1n) is 5.11. The number of aldehydes is 1. The first-order valence-corrected chi connectivity index (χ1v) is 5.11. The van der Waals surface area contributed by atoms with Crippen LogP contribution in [0.1, 0.15) is 22.6 Å². The van der Waals surface area contributed by atoms with Crippen molar-refractivity contribution < 1.29 is 19.4 Å². The Kier molecular flexibility index (Phi) is 2.68. The van der Waals surface area contributed by atoms with Gasteiger partial charge in [0.05, 0.1) is 24.4 Å². The smallest absolute Gasteiger partial charge is 0.306 e. The molecule has 1 aromatic heterocycles. The molecular formula is C11H13NO4. The molecule has 5 nitrogen and oxygen atoms in total. The number of ether oxygens (including phenoxy) is 1. The summed E-state index contributed by atoms with van der Waals surface area (Å²) in [7, 11) is 1.52. The van der Waals surface area contributed by atoms with Gasteiger partial charge in [-0.15, -0.1) is 0 Å². The summed E-state index contributed by atoms with van der Waals surface area (Å²) in [6, 6.07) is 1.66. The van der Waals surface area contributed by atoms with Gasteiger partial charge < -0.3 is 14.4 Å². The van der Waals surface area contributed by atoms with Gasteiger partial charge in [0.25, 0.3) is 0 Å². The van der Waals surface area contributed by atoms with Gasteiger partial charge in [0.2, 0.25) is 0 Å². The molecule has 2 heterocycles. The van der Waals surface area contributed by atoms with E-state index in [2.05, 4.69) is 0 Å². The van der Waals surface area contributed by atoms with Crippen LogP contribution in [-0.4, -0.2) is 29.0 Å². The van der Waals surface area contributed by atoms with Crippen LogP contribution in [-0.2, 0) is 17.8 Å². The highest BCUT2D eigenvalue weighted by molar-refractivity contribution is 5.75. The van der Waals surface area contributed by atoms with E-state index < -0.39 is 5.97 Å². The number of carbonyl (C=O) groups is 2. The zero-order valence-electron chi connectivity index (χ0n) is 8.97. The van der Waals surface area contributed by atoms with Crippen LogP contribution in [0.15, 0.2) is 6.07 Å². The second kappa shape index (κ2) is 4.00. The average molecular weight is 223 g/mol. The van der Waals surface area contributed by atoms with Crippen LogP contribution < -0.4 is 4.74 Å². The van der Waals surface area contributed by atoms with Gasteiger partial charge in [-0.1, -0.05) is 0 Å². The fourth-order valence-electron chi connectivity index (χ4n) is 2.16. The van der Waals surface area contributed by atoms with Gasteiger partial charge in [-0.25, -0.2) is 0 Å². The molecule has 1 N–H and O–H groups in total. The highest BCUT2D eigenvalue weighted by Crippen LogP contribution is 2.31. The topological polar surface area (TPSA) is 68.5 Å². The standard InChI is InChI=1S/C11H13NO4/c1-16-10-5-8(6-13)12-3-2-7(11(14)15)4-9(10)12/h5-7H,2-4H2,1H3,(H,14,15). The van der Waals surface area contributed by atoms with Crippen LogP contribution in [0, 0.1) is 5.92 Å². The van der Waals surface area contributed by atoms with Crippen molar-refractivity contribution in [3.8, 4) is 5.75 Å². The van der Waals surface area contributed by atoms with Gasteiger partial charge in [0, 0.05) is 19.0 Å². The molecule has 0 aromatic carbocycles. The fraction of sp³-hybridized carbons (Fsp3) is 0.455. The second-order valence-corrected chi connectivity index (χ2v) is 3.88. The highest BCUT2D eigenvalue weighted by Gasteiger charge is 2.28. The number of hydrogen-bond donors (Lipinski definition) is 1. The van der Waals surface area contributed by atoms with E-state index in [0.717, 1.165) is 12.0 Å². The number of aromatic nitrogens is 1. The molecule has 0 aliphatic carbocycles. The fourth-order valence-corrected chi connectivity index (χ4v) is 2.16. The maximum absolute atomic E-state index is 10.9. The van der Waals surface area contributed by atoms with Gasteiger partial charge in [0.15, 0.2) is 6.29 Å². The van der Waals surface area contributed by atoms with Crippen LogP contribution in [0.3, 0.4) is 0 Å². The lowest BCUT2D eigenvalue weighted by atomic mass is 9.96. The molecule has 0 saturated heterocycles. The second-order valence-electron chi connectivity index (χ2n) is 3.88. The van der Waals surface area contributed by atoms with E-state index in [1.165, 1.54) is 7.11 Å². The van der Waals surface area contributed by atoms with E-state index in [0.29, 0.717) is 30.8 Å². The number of hydrogen-bond acceptors (Lipinski definition) is 3. The molecule has 1 aliphatic rings. The first-order chi connectivity index (χ1) is 7.67. The molecule has 5 heteroatoms. The molecule has 1 atom stereocenters. The van der Waals surface area contributed by atoms with Crippen molar-refractivity contribution in [2.75, 3.05) is 7.11 Å². The zero-order chi connectivity index (χ0) is 11.7. The molecule has 0 saturated carbocycles. The number of carboxylic acid groups (broad SMARTS) is 1. The maximum Gasteiger partial charge on any atom is 0.306 e. The van der Waals surface area contributed by atoms with Crippen LogP contribution in [0.4, 0.5) is 0 Å². The molecular weight excluding hydrogens is 210 g/mol. The van der Waals surface area contributed by atoms with Crippen LogP contribution in [0.5, 0.6) is 5.75 Å². The number of aliphatic carboxylic acids is 1. The molecule has 2 rings (SSSR count). The highest BCUT2D eigenvalue weighted by atomic mass is 16.5. The third kappa shape index (κ3) is 1.58. The Labute approximate surface area is 92.6 Å². The largest absolute Gasteiger partial charge is 0.495 e. The number of nitrogens with zero attached hydrogens (tertiary/aromatic N) is 1. The number of rotatable bonds is 3. The monoisotopic (exact) mass is 223 g/mol. The van der Waals surface area contributed by atoms with E-state index in [-0.39, 0.29) is 5.92 Å². The summed E-state index contributed by atoms with van der Waals surface area (Å²) in [4.78, 5) is 21.8. The van der Waals surface area contributed by atoms with Gasteiger partial charge in [-0.3, -0.25) is 9.59 Å². The Morgan fingerprint density at radius 1 is 1.69 bits per heavy atom. The van der Waals surface area contributed by atoms with Crippen LogP contribution in [0.2, 0.25) is 0 Å². The first kappa shape index (κ1) is 10.7. The van der Waals surface area contributed by atoms with Crippen LogP contribution in [0.25, 0.3) is 0 Å². The van der Waals surface area contributed by atoms with Crippen molar-refractivity contribution in [3.05, 3.63) is 17.5 Å². The summed E-state index contributed by atoms with van der Waals surface area (Å²) >= 11 is 0. The van der Waals surface area contributed by atoms with Gasteiger partial charge in [-0.2, -0.15) is 0 Å². The number of fused-ring (bicyclic) bond motifs is 1. The number of methoxy groups -OCH3 is 1.